The Labute approximate surface area is 194 Å². The lowest BCUT2D eigenvalue weighted by molar-refractivity contribution is -0.121. The van der Waals surface area contributed by atoms with Gasteiger partial charge in [0.25, 0.3) is 5.56 Å². The predicted molar refractivity (Wildman–Crippen MR) is 125 cm³/mol. The second-order valence-electron chi connectivity index (χ2n) is 7.46. The van der Waals surface area contributed by atoms with Crippen LogP contribution in [0.4, 0.5) is 0 Å². The molecule has 10 heteroatoms. The summed E-state index contributed by atoms with van der Waals surface area (Å²) >= 11 is 0. The molecule has 4 rings (SSSR count). The fourth-order valence-corrected chi connectivity index (χ4v) is 3.51. The molecule has 0 saturated heterocycles. The first kappa shape index (κ1) is 22.7. The monoisotopic (exact) mass is 461 g/mol. The third kappa shape index (κ3) is 4.80. The SMILES string of the molecule is COc1ccc(Cn2c(=O)c3nccnc3n(CC(=O)NCc3cccc(OC)c3)c2=O)cc1. The Hall–Kier alpha value is -4.47. The molecular weight excluding hydrogens is 438 g/mol. The van der Waals surface area contributed by atoms with Crippen molar-refractivity contribution in [3.8, 4) is 11.5 Å². The summed E-state index contributed by atoms with van der Waals surface area (Å²) in [5, 5.41) is 2.78. The van der Waals surface area contributed by atoms with Gasteiger partial charge in [-0.25, -0.2) is 14.8 Å². The number of aromatic nitrogens is 4. The Bertz CT molecular complexity index is 1440. The van der Waals surface area contributed by atoms with Crippen LogP contribution in [0.25, 0.3) is 11.2 Å². The first-order valence-corrected chi connectivity index (χ1v) is 10.5. The summed E-state index contributed by atoms with van der Waals surface area (Å²) < 4.78 is 12.6. The smallest absolute Gasteiger partial charge is 0.333 e. The van der Waals surface area contributed by atoms with Gasteiger partial charge >= 0.3 is 5.69 Å². The molecule has 4 aromatic rings. The quantitative estimate of drug-likeness (QED) is 0.421. The first-order chi connectivity index (χ1) is 16.5. The highest BCUT2D eigenvalue weighted by Crippen LogP contribution is 2.13. The number of methoxy groups -OCH3 is 2. The van der Waals surface area contributed by atoms with Crippen LogP contribution in [-0.2, 0) is 24.4 Å². The van der Waals surface area contributed by atoms with Gasteiger partial charge in [0.1, 0.15) is 18.0 Å². The van der Waals surface area contributed by atoms with E-state index in [1.54, 1.807) is 38.5 Å². The maximum absolute atomic E-state index is 13.3. The number of hydrogen-bond acceptors (Lipinski definition) is 7. The number of carbonyl (C=O) groups is 1. The van der Waals surface area contributed by atoms with Crippen molar-refractivity contribution in [2.75, 3.05) is 14.2 Å². The summed E-state index contributed by atoms with van der Waals surface area (Å²) in [5.41, 5.74) is 0.407. The largest absolute Gasteiger partial charge is 0.497 e. The van der Waals surface area contributed by atoms with Gasteiger partial charge in [0.15, 0.2) is 11.2 Å². The number of rotatable bonds is 8. The number of nitrogens with zero attached hydrogens (tertiary/aromatic N) is 4. The molecular formula is C24H23N5O5. The third-order valence-corrected chi connectivity index (χ3v) is 5.27. The fourth-order valence-electron chi connectivity index (χ4n) is 3.51. The number of nitrogens with one attached hydrogen (secondary N) is 1. The fraction of sp³-hybridized carbons (Fsp3) is 0.208. The van der Waals surface area contributed by atoms with E-state index in [1.165, 1.54) is 12.4 Å². The van der Waals surface area contributed by atoms with E-state index < -0.39 is 17.2 Å². The van der Waals surface area contributed by atoms with Gasteiger partial charge in [-0.2, -0.15) is 0 Å². The van der Waals surface area contributed by atoms with Crippen LogP contribution < -0.4 is 26.0 Å². The van der Waals surface area contributed by atoms with Crippen LogP contribution in [0.15, 0.2) is 70.5 Å². The molecule has 0 saturated carbocycles. The molecule has 10 nitrogen and oxygen atoms in total. The number of ether oxygens (including phenoxy) is 2. The summed E-state index contributed by atoms with van der Waals surface area (Å²) in [6.45, 7) is -0.0552. The minimum atomic E-state index is -0.648. The summed E-state index contributed by atoms with van der Waals surface area (Å²) in [5.74, 6) is 0.923. The van der Waals surface area contributed by atoms with Crippen molar-refractivity contribution in [1.82, 2.24) is 24.4 Å². The molecule has 0 aliphatic heterocycles. The van der Waals surface area contributed by atoms with Gasteiger partial charge < -0.3 is 14.8 Å². The van der Waals surface area contributed by atoms with Crippen LogP contribution in [0, 0.1) is 0 Å². The molecule has 1 amide bonds. The number of fused-ring (bicyclic) bond motifs is 1. The maximum Gasteiger partial charge on any atom is 0.333 e. The van der Waals surface area contributed by atoms with Crippen LogP contribution in [-0.4, -0.2) is 39.2 Å². The Kier molecular flexibility index (Phi) is 6.67. The van der Waals surface area contributed by atoms with E-state index in [4.69, 9.17) is 9.47 Å². The first-order valence-electron chi connectivity index (χ1n) is 10.5. The number of amides is 1. The maximum atomic E-state index is 13.3. The minimum absolute atomic E-state index is 0.0104. The predicted octanol–water partition coefficient (Wildman–Crippen LogP) is 1.34. The van der Waals surface area contributed by atoms with E-state index in [2.05, 4.69) is 15.3 Å². The third-order valence-electron chi connectivity index (χ3n) is 5.27. The molecule has 0 atom stereocenters. The number of hydrogen-bond donors (Lipinski definition) is 1. The van der Waals surface area contributed by atoms with E-state index in [-0.39, 0.29) is 30.8 Å². The van der Waals surface area contributed by atoms with E-state index in [0.29, 0.717) is 11.5 Å². The highest BCUT2D eigenvalue weighted by molar-refractivity contribution is 5.78. The molecule has 0 aliphatic carbocycles. The molecule has 2 heterocycles. The summed E-state index contributed by atoms with van der Waals surface area (Å²) in [6, 6.07) is 14.3. The van der Waals surface area contributed by atoms with Crippen LogP contribution >= 0.6 is 0 Å². The van der Waals surface area contributed by atoms with Crippen molar-refractivity contribution >= 4 is 17.1 Å². The average Bonchev–Trinajstić information content (AvgIpc) is 2.88. The van der Waals surface area contributed by atoms with Crippen molar-refractivity contribution in [2.45, 2.75) is 19.6 Å². The Morgan fingerprint density at radius 2 is 1.65 bits per heavy atom. The van der Waals surface area contributed by atoms with Gasteiger partial charge in [-0.15, -0.1) is 0 Å². The molecule has 0 unspecified atom stereocenters. The second-order valence-corrected chi connectivity index (χ2v) is 7.46. The Morgan fingerprint density at radius 3 is 2.38 bits per heavy atom. The summed E-state index contributed by atoms with van der Waals surface area (Å²) in [4.78, 5) is 47.2. The topological polar surface area (TPSA) is 117 Å². The molecule has 0 bridgehead atoms. The van der Waals surface area contributed by atoms with Crippen molar-refractivity contribution in [3.05, 3.63) is 92.9 Å². The van der Waals surface area contributed by atoms with Gasteiger partial charge in [-0.3, -0.25) is 18.7 Å². The molecule has 0 aliphatic rings. The molecule has 1 N–H and O–H groups in total. The molecule has 34 heavy (non-hydrogen) atoms. The van der Waals surface area contributed by atoms with Gasteiger partial charge in [0, 0.05) is 18.9 Å². The molecule has 0 spiro atoms. The molecule has 0 radical (unpaired) electrons. The second kappa shape index (κ2) is 9.99. The standard InChI is InChI=1S/C24H23N5O5/c1-33-18-8-6-16(7-9-18)14-29-23(31)21-22(26-11-10-25-21)28(24(29)32)15-20(30)27-13-17-4-3-5-19(12-17)34-2/h3-12H,13-15H2,1-2H3,(H,27,30). The highest BCUT2D eigenvalue weighted by atomic mass is 16.5. The van der Waals surface area contributed by atoms with Crippen LogP contribution in [0.1, 0.15) is 11.1 Å². The van der Waals surface area contributed by atoms with Crippen molar-refractivity contribution < 1.29 is 14.3 Å². The van der Waals surface area contributed by atoms with Gasteiger partial charge in [0.2, 0.25) is 5.91 Å². The average molecular weight is 461 g/mol. The Morgan fingerprint density at radius 1 is 0.912 bits per heavy atom. The lowest BCUT2D eigenvalue weighted by atomic mass is 10.2. The number of carbonyl (C=O) groups excluding carboxylic acids is 1. The van der Waals surface area contributed by atoms with Gasteiger partial charge in [-0.1, -0.05) is 24.3 Å². The molecule has 0 fully saturated rings. The van der Waals surface area contributed by atoms with E-state index in [9.17, 15) is 14.4 Å². The minimum Gasteiger partial charge on any atom is -0.497 e. The highest BCUT2D eigenvalue weighted by Gasteiger charge is 2.17. The van der Waals surface area contributed by atoms with Crippen LogP contribution in [0.2, 0.25) is 0 Å². The summed E-state index contributed by atoms with van der Waals surface area (Å²) in [7, 11) is 3.12. The van der Waals surface area contributed by atoms with Crippen LogP contribution in [0.3, 0.4) is 0 Å². The molecule has 2 aromatic heterocycles. The normalized spacial score (nSPS) is 10.8. The van der Waals surface area contributed by atoms with Crippen molar-refractivity contribution in [1.29, 1.82) is 0 Å². The zero-order valence-electron chi connectivity index (χ0n) is 18.7. The van der Waals surface area contributed by atoms with E-state index in [1.807, 2.05) is 24.3 Å². The van der Waals surface area contributed by atoms with Crippen molar-refractivity contribution in [3.63, 3.8) is 0 Å². The van der Waals surface area contributed by atoms with Crippen molar-refractivity contribution in [2.24, 2.45) is 0 Å². The van der Waals surface area contributed by atoms with Gasteiger partial charge in [0.05, 0.1) is 20.8 Å². The zero-order chi connectivity index (χ0) is 24.1. The van der Waals surface area contributed by atoms with Gasteiger partial charge in [-0.05, 0) is 35.4 Å². The lowest BCUT2D eigenvalue weighted by Gasteiger charge is -2.13. The summed E-state index contributed by atoms with van der Waals surface area (Å²) in [6.07, 6.45) is 2.75. The Balaban J connectivity index is 1.63. The zero-order valence-corrected chi connectivity index (χ0v) is 18.7. The number of benzene rings is 2. The van der Waals surface area contributed by atoms with E-state index in [0.717, 1.165) is 20.3 Å². The van der Waals surface area contributed by atoms with E-state index >= 15 is 0 Å². The lowest BCUT2D eigenvalue weighted by Crippen LogP contribution is -2.43. The van der Waals surface area contributed by atoms with Crippen LogP contribution in [0.5, 0.6) is 11.5 Å². The molecule has 174 valence electrons. The molecule has 2 aromatic carbocycles.